The van der Waals surface area contributed by atoms with Crippen LogP contribution in [0.5, 0.6) is 0 Å². The Kier molecular flexibility index (Phi) is 8.62. The molecular weight excluding hydrogens is 522 g/mol. The molecule has 6 nitrogen and oxygen atoms in total. The van der Waals surface area contributed by atoms with Crippen LogP contribution in [-0.4, -0.2) is 55.0 Å². The zero-order valence-corrected chi connectivity index (χ0v) is 25.0. The highest BCUT2D eigenvalue weighted by Crippen LogP contribution is 2.46. The third-order valence-corrected chi connectivity index (χ3v) is 8.40. The zero-order valence-electron chi connectivity index (χ0n) is 24.2. The number of nitrogens with zero attached hydrogens (tertiary/aromatic N) is 2. The first kappa shape index (κ1) is 29.6. The van der Waals surface area contributed by atoms with Crippen molar-refractivity contribution in [1.82, 2.24) is 10.2 Å². The van der Waals surface area contributed by atoms with Crippen molar-refractivity contribution in [1.29, 1.82) is 0 Å². The van der Waals surface area contributed by atoms with E-state index in [1.54, 1.807) is 23.1 Å². The van der Waals surface area contributed by atoms with Crippen LogP contribution < -0.4 is 10.2 Å². The Labute approximate surface area is 243 Å². The summed E-state index contributed by atoms with van der Waals surface area (Å²) in [6.45, 7) is 8.57. The summed E-state index contributed by atoms with van der Waals surface area (Å²) in [7, 11) is 3.99. The Bertz CT molecular complexity index is 1350. The molecule has 4 rings (SSSR count). The van der Waals surface area contributed by atoms with Gasteiger partial charge in [0.2, 0.25) is 5.91 Å². The molecular formula is C33H40ClN3O3. The molecule has 1 aliphatic rings. The topological polar surface area (TPSA) is 72.9 Å². The molecule has 0 spiro atoms. The molecule has 1 heterocycles. The van der Waals surface area contributed by atoms with Crippen molar-refractivity contribution in [3.05, 3.63) is 88.9 Å². The van der Waals surface area contributed by atoms with Crippen molar-refractivity contribution in [3.63, 3.8) is 0 Å². The van der Waals surface area contributed by atoms with Crippen molar-refractivity contribution < 1.29 is 14.7 Å². The molecule has 1 aliphatic heterocycles. The van der Waals surface area contributed by atoms with Crippen molar-refractivity contribution in [3.8, 4) is 11.1 Å². The molecule has 212 valence electrons. The first-order valence-electron chi connectivity index (χ1n) is 13.8. The summed E-state index contributed by atoms with van der Waals surface area (Å²) < 4.78 is 0. The smallest absolute Gasteiger partial charge is 0.251 e. The molecule has 2 N–H and O–H groups in total. The van der Waals surface area contributed by atoms with E-state index in [1.807, 2.05) is 101 Å². The molecule has 1 fully saturated rings. The summed E-state index contributed by atoms with van der Waals surface area (Å²) in [4.78, 5) is 31.0. The molecule has 1 saturated heterocycles. The van der Waals surface area contributed by atoms with Crippen LogP contribution in [0.15, 0.2) is 72.8 Å². The van der Waals surface area contributed by atoms with E-state index in [9.17, 15) is 14.7 Å². The molecule has 3 aromatic rings. The molecule has 0 saturated carbocycles. The number of aliphatic hydroxyl groups is 1. The maximum absolute atomic E-state index is 13.8. The SMILES string of the molecule is CC(C)[C@@H](NC(=O)c1cccc(-c2ccc(N(C)C)cc2)c1)C(=O)N1CC[C@](O)(c2ccc(Cl)cc2)C(C)(C)C1. The predicted octanol–water partition coefficient (Wildman–Crippen LogP) is 5.97. The summed E-state index contributed by atoms with van der Waals surface area (Å²) in [5.74, 6) is -0.531. The average molecular weight is 562 g/mol. The highest BCUT2D eigenvalue weighted by molar-refractivity contribution is 6.30. The average Bonchev–Trinajstić information content (AvgIpc) is 2.93. The number of rotatable bonds is 7. The van der Waals surface area contributed by atoms with Gasteiger partial charge in [0.1, 0.15) is 6.04 Å². The number of nitrogens with one attached hydrogen (secondary N) is 1. The molecule has 2 amide bonds. The number of piperidine rings is 1. The normalized spacial score (nSPS) is 19.3. The third-order valence-electron chi connectivity index (χ3n) is 8.14. The summed E-state index contributed by atoms with van der Waals surface area (Å²) in [5, 5.41) is 15.3. The van der Waals surface area contributed by atoms with Crippen molar-refractivity contribution in [2.75, 3.05) is 32.1 Å². The van der Waals surface area contributed by atoms with Gasteiger partial charge >= 0.3 is 0 Å². The molecule has 0 aromatic heterocycles. The number of hydrogen-bond donors (Lipinski definition) is 2. The number of carbonyl (C=O) groups excluding carboxylic acids is 2. The number of benzene rings is 3. The summed E-state index contributed by atoms with van der Waals surface area (Å²) >= 11 is 6.07. The highest BCUT2D eigenvalue weighted by Gasteiger charge is 2.50. The first-order chi connectivity index (χ1) is 18.8. The molecule has 0 radical (unpaired) electrons. The van der Waals surface area contributed by atoms with Crippen LogP contribution in [0.2, 0.25) is 5.02 Å². The second-order valence-electron chi connectivity index (χ2n) is 12.0. The number of carbonyl (C=O) groups is 2. The van der Waals surface area contributed by atoms with Crippen LogP contribution in [-0.2, 0) is 10.4 Å². The third kappa shape index (κ3) is 6.03. The van der Waals surface area contributed by atoms with Gasteiger partial charge in [0.15, 0.2) is 0 Å². The maximum atomic E-state index is 13.8. The fourth-order valence-corrected chi connectivity index (χ4v) is 5.62. The van der Waals surface area contributed by atoms with Gasteiger partial charge in [0.25, 0.3) is 5.91 Å². The Morgan fingerprint density at radius 2 is 1.62 bits per heavy atom. The van der Waals surface area contributed by atoms with Crippen LogP contribution in [0.25, 0.3) is 11.1 Å². The van der Waals surface area contributed by atoms with Crippen molar-refractivity contribution in [2.24, 2.45) is 11.3 Å². The van der Waals surface area contributed by atoms with E-state index in [0.717, 1.165) is 22.4 Å². The second kappa shape index (κ2) is 11.6. The van der Waals surface area contributed by atoms with Gasteiger partial charge < -0.3 is 20.2 Å². The van der Waals surface area contributed by atoms with Gasteiger partial charge in [-0.05, 0) is 65.4 Å². The molecule has 0 aliphatic carbocycles. The van der Waals surface area contributed by atoms with Crippen LogP contribution in [0.3, 0.4) is 0 Å². The Morgan fingerprint density at radius 3 is 2.20 bits per heavy atom. The minimum absolute atomic E-state index is 0.113. The van der Waals surface area contributed by atoms with E-state index >= 15 is 0 Å². The summed E-state index contributed by atoms with van der Waals surface area (Å²) in [6.07, 6.45) is 0.390. The maximum Gasteiger partial charge on any atom is 0.251 e. The number of amides is 2. The molecule has 3 aromatic carbocycles. The van der Waals surface area contributed by atoms with Gasteiger partial charge in [-0.1, -0.05) is 75.7 Å². The molecule has 40 heavy (non-hydrogen) atoms. The lowest BCUT2D eigenvalue weighted by Gasteiger charge is -2.51. The fourth-order valence-electron chi connectivity index (χ4n) is 5.50. The molecule has 7 heteroatoms. The number of halogens is 1. The highest BCUT2D eigenvalue weighted by atomic mass is 35.5. The van der Waals surface area contributed by atoms with E-state index in [1.165, 1.54) is 0 Å². The number of likely N-dealkylation sites (tertiary alicyclic amines) is 1. The van der Waals surface area contributed by atoms with Gasteiger partial charge in [0.05, 0.1) is 5.60 Å². The molecule has 0 unspecified atom stereocenters. The van der Waals surface area contributed by atoms with Gasteiger partial charge in [-0.15, -0.1) is 0 Å². The van der Waals surface area contributed by atoms with E-state index in [0.29, 0.717) is 30.1 Å². The Balaban J connectivity index is 1.49. The van der Waals surface area contributed by atoms with Crippen LogP contribution >= 0.6 is 11.6 Å². The van der Waals surface area contributed by atoms with Crippen LogP contribution in [0.1, 0.15) is 50.0 Å². The van der Waals surface area contributed by atoms with Crippen LogP contribution in [0, 0.1) is 11.3 Å². The minimum Gasteiger partial charge on any atom is -0.384 e. The van der Waals surface area contributed by atoms with Gasteiger partial charge in [-0.2, -0.15) is 0 Å². The van der Waals surface area contributed by atoms with Gasteiger partial charge in [0, 0.05) is 48.9 Å². The molecule has 2 atom stereocenters. The predicted molar refractivity (Wildman–Crippen MR) is 163 cm³/mol. The van der Waals surface area contributed by atoms with Gasteiger partial charge in [-0.3, -0.25) is 9.59 Å². The largest absolute Gasteiger partial charge is 0.384 e. The van der Waals surface area contributed by atoms with E-state index in [-0.39, 0.29) is 17.7 Å². The summed E-state index contributed by atoms with van der Waals surface area (Å²) in [6, 6.07) is 22.2. The lowest BCUT2D eigenvalue weighted by molar-refractivity contribution is -0.155. The number of anilines is 1. The standard InChI is InChI=1S/C33H40ClN3O3/c1-22(2)29(31(39)37-19-18-33(40,32(3,4)21-37)26-12-14-27(34)15-13-26)35-30(38)25-9-7-8-24(20-25)23-10-16-28(17-11-23)36(5)6/h7-17,20,22,29,40H,18-19,21H2,1-6H3,(H,35,38)/t29-,33+/m1/s1. The minimum atomic E-state index is -1.10. The number of hydrogen-bond acceptors (Lipinski definition) is 4. The Morgan fingerprint density at radius 1 is 0.975 bits per heavy atom. The van der Waals surface area contributed by atoms with E-state index in [2.05, 4.69) is 5.32 Å². The van der Waals surface area contributed by atoms with Crippen molar-refractivity contribution >= 4 is 29.1 Å². The molecule has 0 bridgehead atoms. The fraction of sp³-hybridized carbons (Fsp3) is 0.394. The van der Waals surface area contributed by atoms with Crippen molar-refractivity contribution in [2.45, 2.75) is 45.8 Å². The quantitative estimate of drug-likeness (QED) is 0.372. The summed E-state index contributed by atoms with van der Waals surface area (Å²) in [5.41, 5.74) is 2.63. The zero-order chi connectivity index (χ0) is 29.2. The lowest BCUT2D eigenvalue weighted by Crippen LogP contribution is -2.60. The van der Waals surface area contributed by atoms with E-state index in [4.69, 9.17) is 11.6 Å². The second-order valence-corrected chi connectivity index (χ2v) is 12.4. The van der Waals surface area contributed by atoms with Crippen LogP contribution in [0.4, 0.5) is 5.69 Å². The van der Waals surface area contributed by atoms with E-state index < -0.39 is 17.1 Å². The van der Waals surface area contributed by atoms with Gasteiger partial charge in [-0.25, -0.2) is 0 Å². The first-order valence-corrected chi connectivity index (χ1v) is 14.2. The Hall–Kier alpha value is -3.35. The monoisotopic (exact) mass is 561 g/mol. The lowest BCUT2D eigenvalue weighted by atomic mass is 9.66.